The van der Waals surface area contributed by atoms with Crippen LogP contribution in [0.3, 0.4) is 0 Å². The van der Waals surface area contributed by atoms with Crippen LogP contribution in [0.5, 0.6) is 0 Å². The van der Waals surface area contributed by atoms with Gasteiger partial charge in [-0.3, -0.25) is 4.18 Å². The molecule has 0 amide bonds. The van der Waals surface area contributed by atoms with Crippen LogP contribution in [0.4, 0.5) is 0 Å². The summed E-state index contributed by atoms with van der Waals surface area (Å²) >= 11 is 3.23. The zero-order chi connectivity index (χ0) is 12.0. The minimum atomic E-state index is -3.66. The maximum absolute atomic E-state index is 11.6. The average molecular weight is 309 g/mol. The molecule has 1 rings (SSSR count). The van der Waals surface area contributed by atoms with Gasteiger partial charge in [-0.1, -0.05) is 15.9 Å². The first-order chi connectivity index (χ1) is 7.56. The molecule has 0 bridgehead atoms. The molecule has 6 heteroatoms. The van der Waals surface area contributed by atoms with Crippen molar-refractivity contribution in [3.8, 4) is 0 Å². The monoisotopic (exact) mass is 308 g/mol. The van der Waals surface area contributed by atoms with Crippen molar-refractivity contribution < 1.29 is 17.3 Å². The molecule has 1 aromatic carbocycles. The van der Waals surface area contributed by atoms with Crippen LogP contribution in [-0.2, 0) is 19.0 Å². The molecule has 90 valence electrons. The molecule has 1 aromatic rings. The van der Waals surface area contributed by atoms with E-state index in [0.29, 0.717) is 6.61 Å². The van der Waals surface area contributed by atoms with E-state index in [0.717, 1.165) is 4.47 Å². The highest BCUT2D eigenvalue weighted by Crippen LogP contribution is 2.16. The Hall–Kier alpha value is -0.430. The van der Waals surface area contributed by atoms with E-state index in [2.05, 4.69) is 15.9 Å². The molecule has 0 unspecified atom stereocenters. The second-order valence-electron chi connectivity index (χ2n) is 2.93. The third-order valence-electron chi connectivity index (χ3n) is 1.77. The van der Waals surface area contributed by atoms with Crippen molar-refractivity contribution in [3.05, 3.63) is 28.7 Å². The molecule has 0 aliphatic rings. The third-order valence-corrected chi connectivity index (χ3v) is 3.63. The molecule has 0 aliphatic carbocycles. The van der Waals surface area contributed by atoms with Gasteiger partial charge in [0.25, 0.3) is 10.1 Å². The molecule has 0 saturated carbocycles. The Bertz CT molecular complexity index is 413. The summed E-state index contributed by atoms with van der Waals surface area (Å²) in [6.07, 6.45) is 0. The maximum Gasteiger partial charge on any atom is 0.297 e. The van der Waals surface area contributed by atoms with Crippen molar-refractivity contribution in [2.45, 2.75) is 11.8 Å². The quantitative estimate of drug-likeness (QED) is 0.597. The Morgan fingerprint density at radius 2 is 1.81 bits per heavy atom. The van der Waals surface area contributed by atoms with E-state index < -0.39 is 10.1 Å². The first kappa shape index (κ1) is 13.6. The van der Waals surface area contributed by atoms with Crippen molar-refractivity contribution in [3.63, 3.8) is 0 Å². The summed E-state index contributed by atoms with van der Waals surface area (Å²) < 4.78 is 33.8. The Balaban J connectivity index is 2.60. The van der Waals surface area contributed by atoms with E-state index in [-0.39, 0.29) is 18.1 Å². The number of hydrogen-bond donors (Lipinski definition) is 0. The fourth-order valence-electron chi connectivity index (χ4n) is 1.02. The number of hydrogen-bond acceptors (Lipinski definition) is 4. The fraction of sp³-hybridized carbons (Fsp3) is 0.400. The minimum Gasteiger partial charge on any atom is -0.379 e. The highest BCUT2D eigenvalue weighted by molar-refractivity contribution is 9.10. The van der Waals surface area contributed by atoms with Gasteiger partial charge >= 0.3 is 0 Å². The standard InChI is InChI=1S/C10H13BrO4S/c1-2-14-7-8-15-16(12,13)10-5-3-9(11)4-6-10/h3-6H,2,7-8H2,1H3. The van der Waals surface area contributed by atoms with E-state index in [4.69, 9.17) is 8.92 Å². The molecule has 0 saturated heterocycles. The van der Waals surface area contributed by atoms with Gasteiger partial charge in [-0.15, -0.1) is 0 Å². The summed E-state index contributed by atoms with van der Waals surface area (Å²) in [6, 6.07) is 6.28. The molecule has 4 nitrogen and oxygen atoms in total. The Labute approximate surface area is 104 Å². The molecule has 0 aliphatic heterocycles. The van der Waals surface area contributed by atoms with E-state index in [1.54, 1.807) is 12.1 Å². The first-order valence-electron chi connectivity index (χ1n) is 4.79. The van der Waals surface area contributed by atoms with Crippen LogP contribution in [0, 0.1) is 0 Å². The van der Waals surface area contributed by atoms with Crippen molar-refractivity contribution in [2.75, 3.05) is 19.8 Å². The number of halogens is 1. The van der Waals surface area contributed by atoms with Crippen molar-refractivity contribution >= 4 is 26.0 Å². The van der Waals surface area contributed by atoms with Crippen LogP contribution in [0.25, 0.3) is 0 Å². The Kier molecular flexibility index (Phi) is 5.40. The SMILES string of the molecule is CCOCCOS(=O)(=O)c1ccc(Br)cc1. The van der Waals surface area contributed by atoms with Gasteiger partial charge in [0, 0.05) is 11.1 Å². The highest BCUT2D eigenvalue weighted by Gasteiger charge is 2.14. The van der Waals surface area contributed by atoms with Crippen molar-refractivity contribution in [1.82, 2.24) is 0 Å². The molecule has 0 N–H and O–H groups in total. The Morgan fingerprint density at radius 1 is 1.19 bits per heavy atom. The van der Waals surface area contributed by atoms with Crippen LogP contribution in [0.2, 0.25) is 0 Å². The van der Waals surface area contributed by atoms with Crippen LogP contribution in [-0.4, -0.2) is 28.2 Å². The minimum absolute atomic E-state index is 0.0340. The predicted octanol–water partition coefficient (Wildman–Crippen LogP) is 2.19. The summed E-state index contributed by atoms with van der Waals surface area (Å²) in [6.45, 7) is 2.68. The Morgan fingerprint density at radius 3 is 2.38 bits per heavy atom. The van der Waals surface area contributed by atoms with Gasteiger partial charge in [0.2, 0.25) is 0 Å². The van der Waals surface area contributed by atoms with Crippen LogP contribution in [0.15, 0.2) is 33.6 Å². The lowest BCUT2D eigenvalue weighted by molar-refractivity contribution is 0.112. The van der Waals surface area contributed by atoms with E-state index in [1.807, 2.05) is 6.92 Å². The zero-order valence-corrected chi connectivity index (χ0v) is 11.3. The molecule has 0 heterocycles. The summed E-state index contributed by atoms with van der Waals surface area (Å²) in [5, 5.41) is 0. The second kappa shape index (κ2) is 6.34. The first-order valence-corrected chi connectivity index (χ1v) is 6.99. The van der Waals surface area contributed by atoms with Gasteiger partial charge in [0.15, 0.2) is 0 Å². The molecule has 0 fully saturated rings. The van der Waals surface area contributed by atoms with Crippen molar-refractivity contribution in [1.29, 1.82) is 0 Å². The van der Waals surface area contributed by atoms with E-state index in [1.165, 1.54) is 12.1 Å². The topological polar surface area (TPSA) is 52.6 Å². The lowest BCUT2D eigenvalue weighted by Crippen LogP contribution is -2.11. The third kappa shape index (κ3) is 4.21. The van der Waals surface area contributed by atoms with Gasteiger partial charge < -0.3 is 4.74 Å². The van der Waals surface area contributed by atoms with Crippen LogP contribution < -0.4 is 0 Å². The number of rotatable bonds is 6. The summed E-state index contributed by atoms with van der Waals surface area (Å²) in [4.78, 5) is 0.146. The van der Waals surface area contributed by atoms with Gasteiger partial charge in [-0.25, -0.2) is 0 Å². The van der Waals surface area contributed by atoms with Gasteiger partial charge in [-0.05, 0) is 31.2 Å². The van der Waals surface area contributed by atoms with Gasteiger partial charge in [0.05, 0.1) is 18.1 Å². The average Bonchev–Trinajstić information content (AvgIpc) is 2.25. The molecule has 0 radical (unpaired) electrons. The van der Waals surface area contributed by atoms with Gasteiger partial charge in [0.1, 0.15) is 0 Å². The number of ether oxygens (including phenoxy) is 1. The summed E-state index contributed by atoms with van der Waals surface area (Å²) in [7, 11) is -3.66. The normalized spacial score (nSPS) is 11.6. The predicted molar refractivity (Wildman–Crippen MR) is 63.8 cm³/mol. The smallest absolute Gasteiger partial charge is 0.297 e. The van der Waals surface area contributed by atoms with E-state index in [9.17, 15) is 8.42 Å². The molecule has 0 aromatic heterocycles. The zero-order valence-electron chi connectivity index (χ0n) is 8.85. The van der Waals surface area contributed by atoms with Gasteiger partial charge in [-0.2, -0.15) is 8.42 Å². The van der Waals surface area contributed by atoms with Crippen molar-refractivity contribution in [2.24, 2.45) is 0 Å². The van der Waals surface area contributed by atoms with Crippen LogP contribution in [0.1, 0.15) is 6.92 Å². The molecular formula is C10H13BrO4S. The molecule has 16 heavy (non-hydrogen) atoms. The largest absolute Gasteiger partial charge is 0.379 e. The molecule has 0 atom stereocenters. The maximum atomic E-state index is 11.6. The van der Waals surface area contributed by atoms with Crippen LogP contribution >= 0.6 is 15.9 Å². The second-order valence-corrected chi connectivity index (χ2v) is 5.46. The molecule has 0 spiro atoms. The molecular weight excluding hydrogens is 296 g/mol. The lowest BCUT2D eigenvalue weighted by atomic mass is 10.4. The number of benzene rings is 1. The lowest BCUT2D eigenvalue weighted by Gasteiger charge is -2.05. The van der Waals surface area contributed by atoms with E-state index >= 15 is 0 Å². The summed E-state index contributed by atoms with van der Waals surface area (Å²) in [5.41, 5.74) is 0. The highest BCUT2D eigenvalue weighted by atomic mass is 79.9. The fourth-order valence-corrected chi connectivity index (χ4v) is 2.17. The summed E-state index contributed by atoms with van der Waals surface area (Å²) in [5.74, 6) is 0.